The molecule has 0 spiro atoms. The molecule has 0 aliphatic heterocycles. The lowest BCUT2D eigenvalue weighted by molar-refractivity contribution is 0.0659. The second-order valence-corrected chi connectivity index (χ2v) is 4.36. The van der Waals surface area contributed by atoms with Crippen LogP contribution in [0.5, 0.6) is 0 Å². The monoisotopic (exact) mass is 230 g/mol. The van der Waals surface area contributed by atoms with Crippen molar-refractivity contribution in [1.82, 2.24) is 0 Å². The van der Waals surface area contributed by atoms with Gasteiger partial charge in [-0.2, -0.15) is 5.26 Å². The van der Waals surface area contributed by atoms with Crippen LogP contribution in [-0.4, -0.2) is 19.3 Å². The zero-order valence-corrected chi connectivity index (χ0v) is 9.98. The predicted molar refractivity (Wildman–Crippen MR) is 67.9 cm³/mol. The average molecular weight is 230 g/mol. The van der Waals surface area contributed by atoms with Gasteiger partial charge in [0.2, 0.25) is 0 Å². The van der Waals surface area contributed by atoms with E-state index in [1.165, 1.54) is 25.7 Å². The van der Waals surface area contributed by atoms with Gasteiger partial charge in [-0.1, -0.05) is 25.0 Å². The number of hydrogen-bond donors (Lipinski definition) is 1. The summed E-state index contributed by atoms with van der Waals surface area (Å²) >= 11 is 0. The molecule has 1 N–H and O–H groups in total. The lowest BCUT2D eigenvalue weighted by Gasteiger charge is -2.12. The fourth-order valence-electron chi connectivity index (χ4n) is 2.20. The van der Waals surface area contributed by atoms with Gasteiger partial charge < -0.3 is 10.1 Å². The number of rotatable bonds is 5. The van der Waals surface area contributed by atoms with Gasteiger partial charge in [-0.15, -0.1) is 0 Å². The summed E-state index contributed by atoms with van der Waals surface area (Å²) in [5.74, 6) is 0. The SMILES string of the molecule is N#Cc1ccccc1NCCOC1CCCC1. The van der Waals surface area contributed by atoms with Crippen LogP contribution in [0.1, 0.15) is 31.2 Å². The quantitative estimate of drug-likeness (QED) is 0.791. The van der Waals surface area contributed by atoms with Crippen molar-refractivity contribution in [2.45, 2.75) is 31.8 Å². The molecule has 2 rings (SSSR count). The molecule has 0 radical (unpaired) electrons. The Labute approximate surface area is 102 Å². The summed E-state index contributed by atoms with van der Waals surface area (Å²) in [5, 5.41) is 12.2. The molecule has 90 valence electrons. The fraction of sp³-hybridized carbons (Fsp3) is 0.500. The van der Waals surface area contributed by atoms with Gasteiger partial charge in [0.1, 0.15) is 6.07 Å². The van der Waals surface area contributed by atoms with E-state index in [-0.39, 0.29) is 0 Å². The van der Waals surface area contributed by atoms with Gasteiger partial charge in [0.05, 0.1) is 24.0 Å². The van der Waals surface area contributed by atoms with Crippen molar-refractivity contribution in [1.29, 1.82) is 5.26 Å². The molecule has 1 saturated carbocycles. The van der Waals surface area contributed by atoms with Crippen molar-refractivity contribution in [2.75, 3.05) is 18.5 Å². The van der Waals surface area contributed by atoms with Gasteiger partial charge in [0.15, 0.2) is 0 Å². The molecule has 0 atom stereocenters. The smallest absolute Gasteiger partial charge is 0.101 e. The van der Waals surface area contributed by atoms with Crippen molar-refractivity contribution in [3.05, 3.63) is 29.8 Å². The Balaban J connectivity index is 1.72. The van der Waals surface area contributed by atoms with E-state index in [9.17, 15) is 0 Å². The molecule has 1 aromatic carbocycles. The van der Waals surface area contributed by atoms with E-state index >= 15 is 0 Å². The molecular formula is C14H18N2O. The van der Waals surface area contributed by atoms with Gasteiger partial charge >= 0.3 is 0 Å². The van der Waals surface area contributed by atoms with Gasteiger partial charge in [-0.25, -0.2) is 0 Å². The predicted octanol–water partition coefficient (Wildman–Crippen LogP) is 2.93. The lowest BCUT2D eigenvalue weighted by Crippen LogP contribution is -2.15. The van der Waals surface area contributed by atoms with E-state index in [2.05, 4.69) is 11.4 Å². The average Bonchev–Trinajstić information content (AvgIpc) is 2.88. The zero-order valence-electron chi connectivity index (χ0n) is 9.98. The molecule has 3 nitrogen and oxygen atoms in total. The van der Waals surface area contributed by atoms with Crippen molar-refractivity contribution >= 4 is 5.69 Å². The highest BCUT2D eigenvalue weighted by Crippen LogP contribution is 2.20. The van der Waals surface area contributed by atoms with Crippen LogP contribution in [0, 0.1) is 11.3 Å². The summed E-state index contributed by atoms with van der Waals surface area (Å²) in [6.45, 7) is 1.47. The normalized spacial score (nSPS) is 15.7. The molecule has 3 heteroatoms. The van der Waals surface area contributed by atoms with E-state index in [4.69, 9.17) is 10.00 Å². The zero-order chi connectivity index (χ0) is 11.9. The Morgan fingerprint density at radius 3 is 2.82 bits per heavy atom. The highest BCUT2D eigenvalue weighted by Gasteiger charge is 2.14. The molecule has 0 bridgehead atoms. The van der Waals surface area contributed by atoms with Crippen LogP contribution in [0.4, 0.5) is 5.69 Å². The maximum absolute atomic E-state index is 8.93. The van der Waals surface area contributed by atoms with E-state index in [0.29, 0.717) is 18.3 Å². The first kappa shape index (κ1) is 11.9. The largest absolute Gasteiger partial charge is 0.382 e. The minimum Gasteiger partial charge on any atom is -0.382 e. The molecule has 17 heavy (non-hydrogen) atoms. The number of benzene rings is 1. The van der Waals surface area contributed by atoms with Crippen LogP contribution < -0.4 is 5.32 Å². The second-order valence-electron chi connectivity index (χ2n) is 4.36. The first-order chi connectivity index (χ1) is 8.40. The molecule has 1 aliphatic rings. The standard InChI is InChI=1S/C14H18N2O/c15-11-12-5-1-4-8-14(12)16-9-10-17-13-6-2-3-7-13/h1,4-5,8,13,16H,2-3,6-7,9-10H2. The molecular weight excluding hydrogens is 212 g/mol. The summed E-state index contributed by atoms with van der Waals surface area (Å²) < 4.78 is 5.75. The van der Waals surface area contributed by atoms with Crippen molar-refractivity contribution in [3.63, 3.8) is 0 Å². The summed E-state index contributed by atoms with van der Waals surface area (Å²) in [4.78, 5) is 0. The third kappa shape index (κ3) is 3.47. The minimum atomic E-state index is 0.461. The third-order valence-electron chi connectivity index (χ3n) is 3.12. The number of anilines is 1. The Morgan fingerprint density at radius 1 is 1.29 bits per heavy atom. The number of ether oxygens (including phenoxy) is 1. The Hall–Kier alpha value is -1.53. The molecule has 0 saturated heterocycles. The third-order valence-corrected chi connectivity index (χ3v) is 3.12. The lowest BCUT2D eigenvalue weighted by atomic mass is 10.2. The molecule has 0 aromatic heterocycles. The van der Waals surface area contributed by atoms with Crippen LogP contribution in [0.25, 0.3) is 0 Å². The first-order valence-electron chi connectivity index (χ1n) is 6.25. The Morgan fingerprint density at radius 2 is 2.06 bits per heavy atom. The topological polar surface area (TPSA) is 45.0 Å². The summed E-state index contributed by atoms with van der Waals surface area (Å²) in [6.07, 6.45) is 5.47. The van der Waals surface area contributed by atoms with Gasteiger partial charge in [0.25, 0.3) is 0 Å². The molecule has 1 aliphatic carbocycles. The van der Waals surface area contributed by atoms with Gasteiger partial charge in [-0.05, 0) is 25.0 Å². The first-order valence-corrected chi connectivity index (χ1v) is 6.25. The molecule has 0 unspecified atom stereocenters. The summed E-state index contributed by atoms with van der Waals surface area (Å²) in [5.41, 5.74) is 1.58. The molecule has 1 aromatic rings. The van der Waals surface area contributed by atoms with Crippen LogP contribution in [0.2, 0.25) is 0 Å². The molecule has 1 fully saturated rings. The van der Waals surface area contributed by atoms with Gasteiger partial charge in [0, 0.05) is 6.54 Å². The van der Waals surface area contributed by atoms with E-state index in [1.54, 1.807) is 0 Å². The maximum Gasteiger partial charge on any atom is 0.101 e. The van der Waals surface area contributed by atoms with Crippen molar-refractivity contribution < 1.29 is 4.74 Å². The van der Waals surface area contributed by atoms with Crippen molar-refractivity contribution in [2.24, 2.45) is 0 Å². The second kappa shape index (κ2) is 6.27. The highest BCUT2D eigenvalue weighted by molar-refractivity contribution is 5.56. The molecule has 0 amide bonds. The van der Waals surface area contributed by atoms with E-state index < -0.39 is 0 Å². The highest BCUT2D eigenvalue weighted by atomic mass is 16.5. The van der Waals surface area contributed by atoms with E-state index in [0.717, 1.165) is 12.2 Å². The Kier molecular flexibility index (Phi) is 4.40. The number of nitrogens with one attached hydrogen (secondary N) is 1. The van der Waals surface area contributed by atoms with Crippen LogP contribution in [-0.2, 0) is 4.74 Å². The number of hydrogen-bond acceptors (Lipinski definition) is 3. The van der Waals surface area contributed by atoms with Gasteiger partial charge in [-0.3, -0.25) is 0 Å². The minimum absolute atomic E-state index is 0.461. The van der Waals surface area contributed by atoms with E-state index in [1.807, 2.05) is 24.3 Å². The molecule has 0 heterocycles. The van der Waals surface area contributed by atoms with Crippen LogP contribution in [0.3, 0.4) is 0 Å². The maximum atomic E-state index is 8.93. The van der Waals surface area contributed by atoms with Crippen LogP contribution >= 0.6 is 0 Å². The van der Waals surface area contributed by atoms with Crippen LogP contribution in [0.15, 0.2) is 24.3 Å². The number of nitriles is 1. The fourth-order valence-corrected chi connectivity index (χ4v) is 2.20. The summed E-state index contributed by atoms with van der Waals surface area (Å²) in [6, 6.07) is 9.72. The summed E-state index contributed by atoms with van der Waals surface area (Å²) in [7, 11) is 0. The number of nitrogens with zero attached hydrogens (tertiary/aromatic N) is 1. The number of para-hydroxylation sites is 1. The Bertz CT molecular complexity index is 391. The van der Waals surface area contributed by atoms with Crippen molar-refractivity contribution in [3.8, 4) is 6.07 Å².